The Morgan fingerprint density at radius 2 is 1.78 bits per heavy atom. The van der Waals surface area contributed by atoms with Crippen LogP contribution in [0, 0.1) is 11.3 Å². The fraction of sp³-hybridized carbons (Fsp3) is 0.333. The molecule has 0 saturated heterocycles. The van der Waals surface area contributed by atoms with Gasteiger partial charge in [0, 0.05) is 6.54 Å². The number of hydrogen-bond acceptors (Lipinski definition) is 5. The van der Waals surface area contributed by atoms with Crippen molar-refractivity contribution in [3.8, 4) is 17.6 Å². The van der Waals surface area contributed by atoms with E-state index in [9.17, 15) is 4.79 Å². The molecule has 0 aliphatic carbocycles. The van der Waals surface area contributed by atoms with Crippen LogP contribution in [-0.4, -0.2) is 43.7 Å². The van der Waals surface area contributed by atoms with Gasteiger partial charge in [0.1, 0.15) is 18.1 Å². The van der Waals surface area contributed by atoms with E-state index in [1.54, 1.807) is 30.3 Å². The summed E-state index contributed by atoms with van der Waals surface area (Å²) in [7, 11) is 0. The number of likely N-dealkylation sites (N-methyl/N-ethyl adjacent to an activating group) is 1. The normalized spacial score (nSPS) is 10.3. The molecule has 0 saturated carbocycles. The predicted molar refractivity (Wildman–Crippen MR) is 105 cm³/mol. The van der Waals surface area contributed by atoms with Gasteiger partial charge in [0.05, 0.1) is 17.3 Å². The van der Waals surface area contributed by atoms with Crippen LogP contribution < -0.4 is 14.8 Å². The quantitative estimate of drug-likeness (QED) is 0.697. The van der Waals surface area contributed by atoms with Gasteiger partial charge >= 0.3 is 0 Å². The summed E-state index contributed by atoms with van der Waals surface area (Å²) in [5.41, 5.74) is 1.16. The minimum atomic E-state index is -0.279. The van der Waals surface area contributed by atoms with E-state index < -0.39 is 0 Å². The van der Waals surface area contributed by atoms with E-state index in [2.05, 4.69) is 24.1 Å². The molecule has 0 aliphatic heterocycles. The molecule has 2 aromatic rings. The summed E-state index contributed by atoms with van der Waals surface area (Å²) >= 11 is 0. The van der Waals surface area contributed by atoms with Crippen molar-refractivity contribution in [3.05, 3.63) is 54.1 Å². The summed E-state index contributed by atoms with van der Waals surface area (Å²) < 4.78 is 11.3. The first-order valence-corrected chi connectivity index (χ1v) is 9.03. The maximum absolute atomic E-state index is 12.2. The van der Waals surface area contributed by atoms with E-state index >= 15 is 0 Å². The van der Waals surface area contributed by atoms with Crippen LogP contribution in [0.3, 0.4) is 0 Å². The number of nitrogens with one attached hydrogen (secondary N) is 1. The van der Waals surface area contributed by atoms with Gasteiger partial charge in [-0.3, -0.25) is 4.79 Å². The van der Waals surface area contributed by atoms with Crippen molar-refractivity contribution < 1.29 is 14.3 Å². The molecule has 0 radical (unpaired) electrons. The average Bonchev–Trinajstić information content (AvgIpc) is 2.71. The Bertz CT molecular complexity index is 765. The zero-order valence-electron chi connectivity index (χ0n) is 15.8. The van der Waals surface area contributed by atoms with Crippen molar-refractivity contribution >= 4 is 11.6 Å². The second kappa shape index (κ2) is 10.8. The smallest absolute Gasteiger partial charge is 0.262 e. The second-order valence-electron chi connectivity index (χ2n) is 5.84. The summed E-state index contributed by atoms with van der Waals surface area (Å²) in [6.45, 7) is 7.44. The molecule has 0 unspecified atom stereocenters. The summed E-state index contributed by atoms with van der Waals surface area (Å²) in [5, 5.41) is 11.6. The molecule has 0 bridgehead atoms. The Hall–Kier alpha value is -3.04. The number of benzene rings is 2. The SMILES string of the molecule is CCN(CC)CCOc1ccccc1NC(=O)COc1ccc(C#N)cc1. The third kappa shape index (κ3) is 6.65. The van der Waals surface area contributed by atoms with E-state index in [1.165, 1.54) is 0 Å². The van der Waals surface area contributed by atoms with Gasteiger partial charge < -0.3 is 19.7 Å². The van der Waals surface area contributed by atoms with E-state index in [4.69, 9.17) is 14.7 Å². The van der Waals surface area contributed by atoms with Crippen molar-refractivity contribution in [1.29, 1.82) is 5.26 Å². The Morgan fingerprint density at radius 1 is 1.07 bits per heavy atom. The van der Waals surface area contributed by atoms with Gasteiger partial charge in [0.15, 0.2) is 6.61 Å². The molecule has 0 heterocycles. The Balaban J connectivity index is 1.86. The van der Waals surface area contributed by atoms with E-state index in [0.29, 0.717) is 29.4 Å². The highest BCUT2D eigenvalue weighted by Gasteiger charge is 2.09. The average molecular weight is 367 g/mol. The lowest BCUT2D eigenvalue weighted by Crippen LogP contribution is -2.28. The molecule has 0 aromatic heterocycles. The molecule has 0 fully saturated rings. The molecule has 1 N–H and O–H groups in total. The molecule has 27 heavy (non-hydrogen) atoms. The van der Waals surface area contributed by atoms with Gasteiger partial charge in [-0.1, -0.05) is 26.0 Å². The molecule has 2 aromatic carbocycles. The van der Waals surface area contributed by atoms with Crippen molar-refractivity contribution in [1.82, 2.24) is 4.90 Å². The summed E-state index contributed by atoms with van der Waals surface area (Å²) in [6, 6.07) is 16.0. The minimum absolute atomic E-state index is 0.125. The molecule has 2 rings (SSSR count). The van der Waals surface area contributed by atoms with Gasteiger partial charge in [0.25, 0.3) is 5.91 Å². The van der Waals surface area contributed by atoms with Gasteiger partial charge in [-0.15, -0.1) is 0 Å². The number of para-hydroxylation sites is 2. The summed E-state index contributed by atoms with van der Waals surface area (Å²) in [6.07, 6.45) is 0. The number of anilines is 1. The number of carbonyl (C=O) groups is 1. The van der Waals surface area contributed by atoms with Crippen LogP contribution in [0.4, 0.5) is 5.69 Å². The highest BCUT2D eigenvalue weighted by molar-refractivity contribution is 5.93. The van der Waals surface area contributed by atoms with Gasteiger partial charge in [0.2, 0.25) is 0 Å². The first-order valence-electron chi connectivity index (χ1n) is 9.03. The lowest BCUT2D eigenvalue weighted by molar-refractivity contribution is -0.118. The molecule has 6 nitrogen and oxygen atoms in total. The largest absolute Gasteiger partial charge is 0.490 e. The number of ether oxygens (including phenoxy) is 2. The first kappa shape index (κ1) is 20.3. The number of nitriles is 1. The Labute approximate surface area is 160 Å². The minimum Gasteiger partial charge on any atom is -0.490 e. The van der Waals surface area contributed by atoms with Gasteiger partial charge in [-0.2, -0.15) is 5.26 Å². The fourth-order valence-electron chi connectivity index (χ4n) is 2.48. The Morgan fingerprint density at radius 3 is 2.44 bits per heavy atom. The van der Waals surface area contributed by atoms with E-state index in [-0.39, 0.29) is 12.5 Å². The number of amides is 1. The zero-order chi connectivity index (χ0) is 19.5. The zero-order valence-corrected chi connectivity index (χ0v) is 15.8. The van der Waals surface area contributed by atoms with E-state index in [1.807, 2.05) is 24.3 Å². The predicted octanol–water partition coefficient (Wildman–Crippen LogP) is 3.30. The fourth-order valence-corrected chi connectivity index (χ4v) is 2.48. The number of carbonyl (C=O) groups excluding carboxylic acids is 1. The third-order valence-electron chi connectivity index (χ3n) is 4.07. The van der Waals surface area contributed by atoms with Crippen LogP contribution in [-0.2, 0) is 4.79 Å². The van der Waals surface area contributed by atoms with Crippen LogP contribution in [0.25, 0.3) is 0 Å². The molecule has 0 atom stereocenters. The summed E-state index contributed by atoms with van der Waals surface area (Å²) in [5.74, 6) is 0.892. The lowest BCUT2D eigenvalue weighted by atomic mass is 10.2. The van der Waals surface area contributed by atoms with E-state index in [0.717, 1.165) is 19.6 Å². The van der Waals surface area contributed by atoms with Crippen LogP contribution in [0.1, 0.15) is 19.4 Å². The topological polar surface area (TPSA) is 74.6 Å². The molecule has 6 heteroatoms. The highest BCUT2D eigenvalue weighted by atomic mass is 16.5. The number of nitrogens with zero attached hydrogens (tertiary/aromatic N) is 2. The number of hydrogen-bond donors (Lipinski definition) is 1. The summed E-state index contributed by atoms with van der Waals surface area (Å²) in [4.78, 5) is 14.5. The number of rotatable bonds is 10. The lowest BCUT2D eigenvalue weighted by Gasteiger charge is -2.19. The molecule has 142 valence electrons. The molecular formula is C21H25N3O3. The highest BCUT2D eigenvalue weighted by Crippen LogP contribution is 2.23. The van der Waals surface area contributed by atoms with Crippen molar-refractivity contribution in [3.63, 3.8) is 0 Å². The van der Waals surface area contributed by atoms with Gasteiger partial charge in [-0.05, 0) is 49.5 Å². The molecule has 0 aliphatic rings. The van der Waals surface area contributed by atoms with Crippen LogP contribution >= 0.6 is 0 Å². The Kier molecular flexibility index (Phi) is 8.14. The standard InChI is InChI=1S/C21H25N3O3/c1-3-24(4-2)13-14-26-20-8-6-5-7-19(20)23-21(25)16-27-18-11-9-17(15-22)10-12-18/h5-12H,3-4,13-14,16H2,1-2H3,(H,23,25). The van der Waals surface area contributed by atoms with Crippen molar-refractivity contribution in [2.75, 3.05) is 38.2 Å². The third-order valence-corrected chi connectivity index (χ3v) is 4.07. The van der Waals surface area contributed by atoms with Crippen LogP contribution in [0.5, 0.6) is 11.5 Å². The molecule has 1 amide bonds. The maximum Gasteiger partial charge on any atom is 0.262 e. The molecular weight excluding hydrogens is 342 g/mol. The van der Waals surface area contributed by atoms with Gasteiger partial charge in [-0.25, -0.2) is 0 Å². The second-order valence-corrected chi connectivity index (χ2v) is 5.84. The first-order chi connectivity index (χ1) is 13.2. The van der Waals surface area contributed by atoms with Crippen molar-refractivity contribution in [2.24, 2.45) is 0 Å². The van der Waals surface area contributed by atoms with Crippen LogP contribution in [0.2, 0.25) is 0 Å². The maximum atomic E-state index is 12.2. The molecule has 0 spiro atoms. The van der Waals surface area contributed by atoms with Crippen molar-refractivity contribution in [2.45, 2.75) is 13.8 Å². The van der Waals surface area contributed by atoms with Crippen LogP contribution in [0.15, 0.2) is 48.5 Å². The monoisotopic (exact) mass is 367 g/mol.